The Morgan fingerprint density at radius 3 is 2.09 bits per heavy atom. The number of aryl methyl sites for hydroxylation is 1. The number of imide groups is 1. The SMILES string of the molecule is Cc1cccc(N2C(=O)[C@H]3[C@@H](c4ccc(C(C)(C)C)cc4)N(c4ccccc4)O[C@H]3C2=O)c1. The molecular formula is C28H28N2O3. The van der Waals surface area contributed by atoms with Gasteiger partial charge in [-0.1, -0.05) is 75.4 Å². The van der Waals surface area contributed by atoms with Crippen LogP contribution in [0.2, 0.25) is 0 Å². The standard InChI is InChI=1S/C28H28N2O3/c1-18-9-8-12-22(17-18)29-26(31)23-24(19-13-15-20(16-14-19)28(2,3)4)30(33-25(23)27(29)32)21-10-6-5-7-11-21/h5-17,23-25H,1-4H3/t23-,24+,25+/m0/s1. The molecule has 33 heavy (non-hydrogen) atoms. The van der Waals surface area contributed by atoms with Crippen molar-refractivity contribution < 1.29 is 14.4 Å². The van der Waals surface area contributed by atoms with Crippen molar-refractivity contribution >= 4 is 23.2 Å². The van der Waals surface area contributed by atoms with Gasteiger partial charge in [-0.05, 0) is 53.3 Å². The number of hydrogen-bond donors (Lipinski definition) is 0. The fourth-order valence-corrected chi connectivity index (χ4v) is 4.75. The molecule has 168 valence electrons. The summed E-state index contributed by atoms with van der Waals surface area (Å²) in [7, 11) is 0. The van der Waals surface area contributed by atoms with Gasteiger partial charge in [0.1, 0.15) is 5.92 Å². The molecule has 0 spiro atoms. The molecule has 0 radical (unpaired) electrons. The summed E-state index contributed by atoms with van der Waals surface area (Å²) in [5, 5.41) is 1.74. The zero-order chi connectivity index (χ0) is 23.3. The number of anilines is 2. The van der Waals surface area contributed by atoms with E-state index >= 15 is 0 Å². The first-order valence-corrected chi connectivity index (χ1v) is 11.3. The van der Waals surface area contributed by atoms with Crippen molar-refractivity contribution in [2.24, 2.45) is 5.92 Å². The van der Waals surface area contributed by atoms with Gasteiger partial charge in [0, 0.05) is 0 Å². The van der Waals surface area contributed by atoms with Gasteiger partial charge in [-0.2, -0.15) is 0 Å². The molecule has 0 aromatic heterocycles. The van der Waals surface area contributed by atoms with Crippen LogP contribution in [0.1, 0.15) is 43.5 Å². The number of amides is 2. The smallest absolute Gasteiger partial charge is 0.266 e. The molecule has 0 aliphatic carbocycles. The van der Waals surface area contributed by atoms with Gasteiger partial charge >= 0.3 is 0 Å². The molecule has 5 heteroatoms. The molecule has 5 nitrogen and oxygen atoms in total. The number of nitrogens with zero attached hydrogens (tertiary/aromatic N) is 2. The van der Waals surface area contributed by atoms with Crippen LogP contribution in [0.4, 0.5) is 11.4 Å². The van der Waals surface area contributed by atoms with Gasteiger partial charge in [-0.25, -0.2) is 9.96 Å². The van der Waals surface area contributed by atoms with Crippen molar-refractivity contribution in [3.8, 4) is 0 Å². The third kappa shape index (κ3) is 3.62. The van der Waals surface area contributed by atoms with Crippen LogP contribution < -0.4 is 9.96 Å². The molecule has 2 aliphatic heterocycles. The van der Waals surface area contributed by atoms with Gasteiger partial charge in [-0.3, -0.25) is 14.4 Å². The van der Waals surface area contributed by atoms with Crippen LogP contribution in [0.15, 0.2) is 78.9 Å². The third-order valence-corrected chi connectivity index (χ3v) is 6.50. The number of para-hydroxylation sites is 1. The summed E-state index contributed by atoms with van der Waals surface area (Å²) >= 11 is 0. The zero-order valence-corrected chi connectivity index (χ0v) is 19.4. The molecule has 0 saturated carbocycles. The van der Waals surface area contributed by atoms with E-state index in [9.17, 15) is 9.59 Å². The Morgan fingerprint density at radius 2 is 1.45 bits per heavy atom. The topological polar surface area (TPSA) is 49.9 Å². The molecule has 0 unspecified atom stereocenters. The van der Waals surface area contributed by atoms with Crippen LogP contribution in [0, 0.1) is 12.8 Å². The number of fused-ring (bicyclic) bond motifs is 1. The van der Waals surface area contributed by atoms with E-state index in [2.05, 4.69) is 45.0 Å². The molecule has 0 bridgehead atoms. The minimum atomic E-state index is -0.856. The first kappa shape index (κ1) is 21.4. The summed E-state index contributed by atoms with van der Waals surface area (Å²) < 4.78 is 0. The van der Waals surface area contributed by atoms with Crippen molar-refractivity contribution in [3.05, 3.63) is 95.6 Å². The average molecular weight is 441 g/mol. The Kier molecular flexibility index (Phi) is 5.09. The Labute approximate surface area is 194 Å². The molecule has 2 heterocycles. The maximum absolute atomic E-state index is 13.7. The number of carbonyl (C=O) groups excluding carboxylic acids is 2. The molecule has 3 atom stereocenters. The highest BCUT2D eigenvalue weighted by atomic mass is 16.7. The highest BCUT2D eigenvalue weighted by molar-refractivity contribution is 6.23. The van der Waals surface area contributed by atoms with Crippen LogP contribution in [-0.2, 0) is 19.8 Å². The van der Waals surface area contributed by atoms with E-state index in [1.807, 2.05) is 55.5 Å². The molecule has 2 saturated heterocycles. The monoisotopic (exact) mass is 440 g/mol. The number of carbonyl (C=O) groups is 2. The number of rotatable bonds is 3. The summed E-state index contributed by atoms with van der Waals surface area (Å²) in [6, 6.07) is 25.0. The number of benzene rings is 3. The molecule has 0 N–H and O–H groups in total. The second kappa shape index (κ2) is 7.85. The predicted octanol–water partition coefficient (Wildman–Crippen LogP) is 5.34. The van der Waals surface area contributed by atoms with Crippen molar-refractivity contribution in [1.82, 2.24) is 0 Å². The maximum atomic E-state index is 13.7. The summed E-state index contributed by atoms with van der Waals surface area (Å²) in [5.41, 5.74) is 4.59. The van der Waals surface area contributed by atoms with E-state index in [4.69, 9.17) is 4.84 Å². The quantitative estimate of drug-likeness (QED) is 0.516. The van der Waals surface area contributed by atoms with Gasteiger partial charge in [0.25, 0.3) is 5.91 Å². The van der Waals surface area contributed by atoms with E-state index in [-0.39, 0.29) is 17.2 Å². The van der Waals surface area contributed by atoms with Crippen LogP contribution in [-0.4, -0.2) is 17.9 Å². The van der Waals surface area contributed by atoms with Gasteiger partial charge in [-0.15, -0.1) is 0 Å². The van der Waals surface area contributed by atoms with E-state index in [1.54, 1.807) is 11.1 Å². The normalized spacial score (nSPS) is 22.7. The van der Waals surface area contributed by atoms with E-state index in [0.717, 1.165) is 16.8 Å². The van der Waals surface area contributed by atoms with Gasteiger partial charge < -0.3 is 0 Å². The minimum absolute atomic E-state index is 0.0213. The lowest BCUT2D eigenvalue weighted by molar-refractivity contribution is -0.126. The van der Waals surface area contributed by atoms with E-state index in [0.29, 0.717) is 5.69 Å². The molecule has 2 amide bonds. The third-order valence-electron chi connectivity index (χ3n) is 6.50. The van der Waals surface area contributed by atoms with Crippen LogP contribution in [0.25, 0.3) is 0 Å². The average Bonchev–Trinajstić information content (AvgIpc) is 3.30. The fourth-order valence-electron chi connectivity index (χ4n) is 4.75. The zero-order valence-electron chi connectivity index (χ0n) is 19.4. The molecule has 2 aliphatic rings. The Morgan fingerprint density at radius 1 is 0.788 bits per heavy atom. The van der Waals surface area contributed by atoms with Crippen molar-refractivity contribution in [1.29, 1.82) is 0 Å². The van der Waals surface area contributed by atoms with Crippen LogP contribution >= 0.6 is 0 Å². The fraction of sp³-hybridized carbons (Fsp3) is 0.286. The van der Waals surface area contributed by atoms with Crippen molar-refractivity contribution in [2.75, 3.05) is 9.96 Å². The van der Waals surface area contributed by atoms with Crippen LogP contribution in [0.5, 0.6) is 0 Å². The molecule has 3 aromatic carbocycles. The van der Waals surface area contributed by atoms with Gasteiger partial charge in [0.05, 0.1) is 17.4 Å². The van der Waals surface area contributed by atoms with Crippen LogP contribution in [0.3, 0.4) is 0 Å². The summed E-state index contributed by atoms with van der Waals surface area (Å²) in [5.74, 6) is -1.16. The van der Waals surface area contributed by atoms with Gasteiger partial charge in [0.2, 0.25) is 5.91 Å². The highest BCUT2D eigenvalue weighted by Crippen LogP contribution is 2.47. The molecular weight excluding hydrogens is 412 g/mol. The maximum Gasteiger partial charge on any atom is 0.266 e. The van der Waals surface area contributed by atoms with Crippen molar-refractivity contribution in [2.45, 2.75) is 45.3 Å². The lowest BCUT2D eigenvalue weighted by atomic mass is 9.84. The second-order valence-corrected chi connectivity index (χ2v) is 9.88. The highest BCUT2D eigenvalue weighted by Gasteiger charge is 2.60. The minimum Gasteiger partial charge on any atom is -0.273 e. The first-order valence-electron chi connectivity index (χ1n) is 11.3. The Hall–Kier alpha value is -3.44. The summed E-state index contributed by atoms with van der Waals surface area (Å²) in [6.45, 7) is 8.46. The molecule has 5 rings (SSSR count). The van der Waals surface area contributed by atoms with Gasteiger partial charge in [0.15, 0.2) is 6.10 Å². The molecule has 3 aromatic rings. The number of hydroxylamine groups is 1. The van der Waals surface area contributed by atoms with Crippen molar-refractivity contribution in [3.63, 3.8) is 0 Å². The molecule has 2 fully saturated rings. The second-order valence-electron chi connectivity index (χ2n) is 9.88. The summed E-state index contributed by atoms with van der Waals surface area (Å²) in [6.07, 6.45) is -0.856. The lowest BCUT2D eigenvalue weighted by Gasteiger charge is -2.29. The van der Waals surface area contributed by atoms with E-state index in [1.165, 1.54) is 10.5 Å². The summed E-state index contributed by atoms with van der Waals surface area (Å²) in [4.78, 5) is 34.6. The van der Waals surface area contributed by atoms with E-state index < -0.39 is 18.1 Å². The Bertz CT molecular complexity index is 1200. The predicted molar refractivity (Wildman–Crippen MR) is 129 cm³/mol. The Balaban J connectivity index is 1.57. The first-order chi connectivity index (χ1) is 15.8. The largest absolute Gasteiger partial charge is 0.273 e. The number of hydrogen-bond acceptors (Lipinski definition) is 4. The lowest BCUT2D eigenvalue weighted by Crippen LogP contribution is -2.37.